The largest absolute Gasteiger partial charge is 0.361 e. The Hall–Kier alpha value is -1.59. The fraction of sp³-hybridized carbons (Fsp3) is 0. The number of nitrogens with one attached hydrogen (secondary N) is 1. The van der Waals surface area contributed by atoms with Crippen LogP contribution in [0.3, 0.4) is 0 Å². The van der Waals surface area contributed by atoms with Crippen LogP contribution in [0, 0.1) is 0 Å². The maximum atomic E-state index is 10.7. The van der Waals surface area contributed by atoms with Crippen LogP contribution in [0.15, 0.2) is 23.3 Å². The molecule has 84 valence electrons. The number of hydrazone groups is 1. The average molecular weight is 260 g/mol. The molecule has 16 heavy (non-hydrogen) atoms. The highest BCUT2D eigenvalue weighted by Crippen LogP contribution is 2.21. The Morgan fingerprint density at radius 3 is 2.38 bits per heavy atom. The number of nitrogens with two attached hydrogens (primary N) is 1. The highest BCUT2D eigenvalue weighted by molar-refractivity contribution is 6.38. The van der Waals surface area contributed by atoms with Gasteiger partial charge in [-0.2, -0.15) is 5.10 Å². The number of rotatable bonds is 2. The molecule has 0 atom stereocenters. The molecule has 1 rings (SSSR count). The van der Waals surface area contributed by atoms with Crippen molar-refractivity contribution in [1.82, 2.24) is 5.43 Å². The Morgan fingerprint density at radius 2 is 1.88 bits per heavy atom. The molecule has 3 N–H and O–H groups in total. The van der Waals surface area contributed by atoms with Crippen molar-refractivity contribution in [3.05, 3.63) is 33.8 Å². The topological polar surface area (TPSA) is 84.5 Å². The number of carbonyl (C=O) groups excluding carboxylic acids is 2. The van der Waals surface area contributed by atoms with Crippen LogP contribution in [0.4, 0.5) is 0 Å². The zero-order valence-electron chi connectivity index (χ0n) is 7.91. The lowest BCUT2D eigenvalue weighted by Gasteiger charge is -2.00. The average Bonchev–Trinajstić information content (AvgIpc) is 2.22. The monoisotopic (exact) mass is 259 g/mol. The first-order chi connectivity index (χ1) is 7.52. The molecule has 7 heteroatoms. The summed E-state index contributed by atoms with van der Waals surface area (Å²) >= 11 is 11.7. The van der Waals surface area contributed by atoms with Crippen molar-refractivity contribution in [3.8, 4) is 0 Å². The number of benzene rings is 1. The van der Waals surface area contributed by atoms with E-state index in [9.17, 15) is 9.59 Å². The standard InChI is InChI=1S/C9H7Cl2N3O2/c10-6-2-1-3-7(11)5(6)4-13-14-9(16)8(12)15/h1-4H,(H2,12,15)(H,14,16)/b13-4+. The van der Waals surface area contributed by atoms with E-state index in [1.807, 2.05) is 5.43 Å². The van der Waals surface area contributed by atoms with Crippen molar-refractivity contribution in [2.24, 2.45) is 10.8 Å². The normalized spacial score (nSPS) is 10.4. The zero-order chi connectivity index (χ0) is 12.1. The Balaban J connectivity index is 2.77. The second kappa shape index (κ2) is 5.48. The van der Waals surface area contributed by atoms with Crippen LogP contribution in [-0.4, -0.2) is 18.0 Å². The first kappa shape index (κ1) is 12.5. The molecular formula is C9H7Cl2N3O2. The molecule has 1 aromatic rings. The van der Waals surface area contributed by atoms with Gasteiger partial charge in [0.25, 0.3) is 0 Å². The summed E-state index contributed by atoms with van der Waals surface area (Å²) < 4.78 is 0. The van der Waals surface area contributed by atoms with Gasteiger partial charge in [-0.15, -0.1) is 0 Å². The summed E-state index contributed by atoms with van der Waals surface area (Å²) in [6.07, 6.45) is 1.23. The Bertz CT molecular complexity index is 440. The summed E-state index contributed by atoms with van der Waals surface area (Å²) in [6.45, 7) is 0. The van der Waals surface area contributed by atoms with E-state index in [2.05, 4.69) is 5.10 Å². The zero-order valence-corrected chi connectivity index (χ0v) is 9.42. The van der Waals surface area contributed by atoms with Crippen LogP contribution >= 0.6 is 23.2 Å². The van der Waals surface area contributed by atoms with Gasteiger partial charge < -0.3 is 5.73 Å². The van der Waals surface area contributed by atoms with Gasteiger partial charge in [0, 0.05) is 5.56 Å². The van der Waals surface area contributed by atoms with E-state index in [1.54, 1.807) is 18.2 Å². The predicted molar refractivity (Wildman–Crippen MR) is 61.4 cm³/mol. The van der Waals surface area contributed by atoms with E-state index < -0.39 is 11.8 Å². The third-order valence-electron chi connectivity index (χ3n) is 1.58. The van der Waals surface area contributed by atoms with Crippen LogP contribution in [0.5, 0.6) is 0 Å². The second-order valence-electron chi connectivity index (χ2n) is 2.70. The predicted octanol–water partition coefficient (Wildman–Crippen LogP) is 0.929. The number of carbonyl (C=O) groups is 2. The van der Waals surface area contributed by atoms with Gasteiger partial charge in [-0.1, -0.05) is 29.3 Å². The molecule has 0 aliphatic carbocycles. The number of nitrogens with zero attached hydrogens (tertiary/aromatic N) is 1. The van der Waals surface area contributed by atoms with E-state index >= 15 is 0 Å². The fourth-order valence-corrected chi connectivity index (χ4v) is 1.34. The molecular weight excluding hydrogens is 253 g/mol. The number of halogens is 2. The SMILES string of the molecule is NC(=O)C(=O)N/N=C/c1c(Cl)cccc1Cl. The molecule has 0 fully saturated rings. The number of hydrogen-bond acceptors (Lipinski definition) is 3. The third kappa shape index (κ3) is 3.22. The molecule has 0 saturated heterocycles. The second-order valence-corrected chi connectivity index (χ2v) is 3.51. The van der Waals surface area contributed by atoms with Gasteiger partial charge in [0.1, 0.15) is 0 Å². The van der Waals surface area contributed by atoms with Gasteiger partial charge in [-0.3, -0.25) is 9.59 Å². The van der Waals surface area contributed by atoms with Gasteiger partial charge in [0.05, 0.1) is 16.3 Å². The van der Waals surface area contributed by atoms with Crippen molar-refractivity contribution in [3.63, 3.8) is 0 Å². The van der Waals surface area contributed by atoms with E-state index in [4.69, 9.17) is 28.9 Å². The summed E-state index contributed by atoms with van der Waals surface area (Å²) in [4.78, 5) is 21.1. The van der Waals surface area contributed by atoms with Crippen molar-refractivity contribution >= 4 is 41.2 Å². The summed E-state index contributed by atoms with van der Waals surface area (Å²) in [5, 5.41) is 4.25. The van der Waals surface area contributed by atoms with Crippen LogP contribution in [0.1, 0.15) is 5.56 Å². The van der Waals surface area contributed by atoms with E-state index in [1.165, 1.54) is 6.21 Å². The Labute approximate surface area is 101 Å². The fourth-order valence-electron chi connectivity index (χ4n) is 0.845. The summed E-state index contributed by atoms with van der Waals surface area (Å²) in [5.41, 5.74) is 7.06. The van der Waals surface area contributed by atoms with Crippen molar-refractivity contribution in [1.29, 1.82) is 0 Å². The molecule has 0 aliphatic heterocycles. The Morgan fingerprint density at radius 1 is 1.31 bits per heavy atom. The third-order valence-corrected chi connectivity index (χ3v) is 2.24. The molecule has 1 aromatic carbocycles. The molecule has 0 aliphatic rings. The molecule has 0 saturated carbocycles. The number of hydrogen-bond donors (Lipinski definition) is 2. The summed E-state index contributed by atoms with van der Waals surface area (Å²) in [6, 6.07) is 4.90. The lowest BCUT2D eigenvalue weighted by Crippen LogP contribution is -2.32. The Kier molecular flexibility index (Phi) is 4.28. The van der Waals surface area contributed by atoms with E-state index in [-0.39, 0.29) is 0 Å². The molecule has 0 radical (unpaired) electrons. The highest BCUT2D eigenvalue weighted by atomic mass is 35.5. The minimum atomic E-state index is -1.12. The number of primary amides is 1. The number of amides is 2. The molecule has 0 aromatic heterocycles. The van der Waals surface area contributed by atoms with Gasteiger partial charge in [-0.05, 0) is 12.1 Å². The van der Waals surface area contributed by atoms with Gasteiger partial charge >= 0.3 is 11.8 Å². The van der Waals surface area contributed by atoms with E-state index in [0.717, 1.165) is 0 Å². The van der Waals surface area contributed by atoms with Crippen LogP contribution in [-0.2, 0) is 9.59 Å². The van der Waals surface area contributed by atoms with Gasteiger partial charge in [0.15, 0.2) is 0 Å². The van der Waals surface area contributed by atoms with Gasteiger partial charge in [0.2, 0.25) is 0 Å². The maximum absolute atomic E-state index is 10.7. The first-order valence-electron chi connectivity index (χ1n) is 4.09. The molecule has 0 spiro atoms. The minimum Gasteiger partial charge on any atom is -0.361 e. The smallest absolute Gasteiger partial charge is 0.329 e. The lowest BCUT2D eigenvalue weighted by atomic mass is 10.2. The van der Waals surface area contributed by atoms with Crippen molar-refractivity contribution in [2.75, 3.05) is 0 Å². The maximum Gasteiger partial charge on any atom is 0.329 e. The molecule has 0 heterocycles. The van der Waals surface area contributed by atoms with Crippen LogP contribution in [0.2, 0.25) is 10.0 Å². The lowest BCUT2D eigenvalue weighted by molar-refractivity contribution is -0.137. The summed E-state index contributed by atoms with van der Waals surface area (Å²) in [5.74, 6) is -2.14. The highest BCUT2D eigenvalue weighted by Gasteiger charge is 2.06. The summed E-state index contributed by atoms with van der Waals surface area (Å²) in [7, 11) is 0. The van der Waals surface area contributed by atoms with Crippen LogP contribution < -0.4 is 11.2 Å². The van der Waals surface area contributed by atoms with E-state index in [0.29, 0.717) is 15.6 Å². The van der Waals surface area contributed by atoms with Crippen molar-refractivity contribution < 1.29 is 9.59 Å². The van der Waals surface area contributed by atoms with Crippen molar-refractivity contribution in [2.45, 2.75) is 0 Å². The molecule has 2 amide bonds. The molecule has 0 unspecified atom stereocenters. The van der Waals surface area contributed by atoms with Crippen LogP contribution in [0.25, 0.3) is 0 Å². The van der Waals surface area contributed by atoms with Gasteiger partial charge in [-0.25, -0.2) is 5.43 Å². The minimum absolute atomic E-state index is 0.379. The molecule has 0 bridgehead atoms. The first-order valence-corrected chi connectivity index (χ1v) is 4.85. The quantitative estimate of drug-likeness (QED) is 0.471. The molecule has 5 nitrogen and oxygen atoms in total.